The zero-order valence-corrected chi connectivity index (χ0v) is 17.3. The zero-order chi connectivity index (χ0) is 20.1. The molecule has 9 heteroatoms. The SMILES string of the molecule is CC.Cc1cc(NC(=O)N2CCC(/C(N)=C3/NC=Nc4[nH]ccc43)CC2)sn1. The summed E-state index contributed by atoms with van der Waals surface area (Å²) in [7, 11) is 0. The van der Waals surface area contributed by atoms with Crippen LogP contribution in [0.15, 0.2) is 29.0 Å². The lowest BCUT2D eigenvalue weighted by atomic mass is 9.91. The van der Waals surface area contributed by atoms with Crippen LogP contribution in [0.25, 0.3) is 5.70 Å². The van der Waals surface area contributed by atoms with E-state index in [-0.39, 0.29) is 11.9 Å². The largest absolute Gasteiger partial charge is 0.400 e. The third kappa shape index (κ3) is 4.19. The molecule has 8 nitrogen and oxygen atoms in total. The number of carbonyl (C=O) groups is 1. The van der Waals surface area contributed by atoms with Crippen molar-refractivity contribution in [2.45, 2.75) is 33.6 Å². The van der Waals surface area contributed by atoms with Crippen molar-refractivity contribution in [1.29, 1.82) is 0 Å². The van der Waals surface area contributed by atoms with Gasteiger partial charge in [-0.25, -0.2) is 9.79 Å². The Morgan fingerprint density at radius 1 is 1.36 bits per heavy atom. The highest BCUT2D eigenvalue weighted by molar-refractivity contribution is 7.10. The molecule has 4 heterocycles. The maximum absolute atomic E-state index is 12.4. The number of hydrogen-bond acceptors (Lipinski definition) is 6. The van der Waals surface area contributed by atoms with Crippen molar-refractivity contribution in [1.82, 2.24) is 19.6 Å². The second-order valence-corrected chi connectivity index (χ2v) is 7.30. The molecule has 0 saturated carbocycles. The molecule has 0 bridgehead atoms. The summed E-state index contributed by atoms with van der Waals surface area (Å²) < 4.78 is 4.18. The first kappa shape index (κ1) is 19.9. The van der Waals surface area contributed by atoms with E-state index >= 15 is 0 Å². The Balaban J connectivity index is 0.00000109. The number of H-pyrrole nitrogens is 1. The third-order valence-electron chi connectivity index (χ3n) is 4.77. The van der Waals surface area contributed by atoms with Crippen LogP contribution in [-0.4, -0.2) is 39.7 Å². The van der Waals surface area contributed by atoms with Gasteiger partial charge in [-0.3, -0.25) is 5.32 Å². The molecule has 2 amide bonds. The summed E-state index contributed by atoms with van der Waals surface area (Å²) >= 11 is 1.30. The number of allylic oxidation sites excluding steroid dienone is 1. The van der Waals surface area contributed by atoms with Gasteiger partial charge in [0.25, 0.3) is 0 Å². The molecular formula is C19H27N7OS. The molecule has 0 spiro atoms. The molecule has 2 aliphatic heterocycles. The maximum atomic E-state index is 12.4. The highest BCUT2D eigenvalue weighted by atomic mass is 32.1. The van der Waals surface area contributed by atoms with E-state index in [1.165, 1.54) is 11.5 Å². The number of aromatic nitrogens is 2. The molecule has 0 atom stereocenters. The van der Waals surface area contributed by atoms with Crippen LogP contribution in [0.5, 0.6) is 0 Å². The van der Waals surface area contributed by atoms with E-state index in [0.29, 0.717) is 13.1 Å². The Kier molecular flexibility index (Phi) is 6.35. The smallest absolute Gasteiger partial charge is 0.322 e. The van der Waals surface area contributed by atoms with Crippen molar-refractivity contribution < 1.29 is 4.79 Å². The lowest BCUT2D eigenvalue weighted by Gasteiger charge is -2.33. The van der Waals surface area contributed by atoms with Crippen LogP contribution in [0.3, 0.4) is 0 Å². The molecule has 150 valence electrons. The number of aryl methyl sites for hydroxylation is 1. The number of piperidine rings is 1. The van der Waals surface area contributed by atoms with Gasteiger partial charge in [0.15, 0.2) is 0 Å². The van der Waals surface area contributed by atoms with Crippen LogP contribution in [0.4, 0.5) is 15.6 Å². The minimum atomic E-state index is -0.0748. The molecule has 28 heavy (non-hydrogen) atoms. The molecule has 0 aliphatic carbocycles. The van der Waals surface area contributed by atoms with Crippen molar-refractivity contribution in [3.63, 3.8) is 0 Å². The number of nitrogens with two attached hydrogens (primary N) is 1. The van der Waals surface area contributed by atoms with Crippen LogP contribution >= 0.6 is 11.5 Å². The van der Waals surface area contributed by atoms with Crippen molar-refractivity contribution in [2.24, 2.45) is 16.6 Å². The third-order valence-corrected chi connectivity index (χ3v) is 5.56. The van der Waals surface area contributed by atoms with Crippen molar-refractivity contribution in [3.05, 3.63) is 35.3 Å². The lowest BCUT2D eigenvalue weighted by molar-refractivity contribution is 0.189. The maximum Gasteiger partial charge on any atom is 0.322 e. The van der Waals surface area contributed by atoms with Crippen molar-refractivity contribution in [3.8, 4) is 0 Å². The normalized spacial score (nSPS) is 17.9. The van der Waals surface area contributed by atoms with Gasteiger partial charge in [0.1, 0.15) is 10.8 Å². The Labute approximate surface area is 169 Å². The van der Waals surface area contributed by atoms with Gasteiger partial charge in [0.2, 0.25) is 0 Å². The van der Waals surface area contributed by atoms with E-state index < -0.39 is 0 Å². The van der Waals surface area contributed by atoms with Gasteiger partial charge in [-0.15, -0.1) is 0 Å². The van der Waals surface area contributed by atoms with Crippen molar-refractivity contribution in [2.75, 3.05) is 18.4 Å². The fourth-order valence-corrected chi connectivity index (χ4v) is 4.00. The summed E-state index contributed by atoms with van der Waals surface area (Å²) in [6, 6.07) is 3.78. The van der Waals surface area contributed by atoms with Gasteiger partial charge in [0, 0.05) is 36.5 Å². The van der Waals surface area contributed by atoms with E-state index in [0.717, 1.165) is 46.3 Å². The number of urea groups is 1. The summed E-state index contributed by atoms with van der Waals surface area (Å²) in [5.74, 6) is 1.06. The lowest BCUT2D eigenvalue weighted by Crippen LogP contribution is -2.42. The highest BCUT2D eigenvalue weighted by Gasteiger charge is 2.27. The summed E-state index contributed by atoms with van der Waals surface area (Å²) in [5, 5.41) is 6.87. The van der Waals surface area contributed by atoms with E-state index in [9.17, 15) is 4.79 Å². The van der Waals surface area contributed by atoms with Gasteiger partial charge >= 0.3 is 6.03 Å². The number of nitrogens with one attached hydrogen (secondary N) is 3. The molecule has 1 fully saturated rings. The van der Waals surface area contributed by atoms with E-state index in [1.807, 2.05) is 44.0 Å². The number of fused-ring (bicyclic) bond motifs is 1. The Bertz CT molecular complexity index is 874. The molecule has 4 rings (SSSR count). The first-order valence-electron chi connectivity index (χ1n) is 9.57. The van der Waals surface area contributed by atoms with Gasteiger partial charge in [-0.2, -0.15) is 4.37 Å². The number of aliphatic imine (C=N–C) groups is 1. The predicted molar refractivity (Wildman–Crippen MR) is 115 cm³/mol. The van der Waals surface area contributed by atoms with Gasteiger partial charge in [0.05, 0.1) is 17.7 Å². The van der Waals surface area contributed by atoms with Crippen LogP contribution in [0.1, 0.15) is 37.9 Å². The number of rotatable bonds is 2. The Hall–Kier alpha value is -2.81. The number of amides is 2. The monoisotopic (exact) mass is 401 g/mol. The fraction of sp³-hybridized carbons (Fsp3) is 0.421. The Morgan fingerprint density at radius 3 is 2.79 bits per heavy atom. The quantitative estimate of drug-likeness (QED) is 0.615. The van der Waals surface area contributed by atoms with Crippen molar-refractivity contribution >= 4 is 40.4 Å². The summed E-state index contributed by atoms with van der Waals surface area (Å²) in [5.41, 5.74) is 10.1. The molecule has 0 aromatic carbocycles. The van der Waals surface area contributed by atoms with Crippen LogP contribution < -0.4 is 16.4 Å². The summed E-state index contributed by atoms with van der Waals surface area (Å²) in [6.07, 6.45) is 5.18. The average molecular weight is 402 g/mol. The molecule has 2 aromatic heterocycles. The van der Waals surface area contributed by atoms with Gasteiger partial charge in [-0.1, -0.05) is 13.8 Å². The number of anilines is 1. The standard InChI is InChI=1S/C17H21N7OS.C2H6/c1-10-8-13(26-23-10)22-17(25)24-6-3-11(4-7-24)14(18)15-12-2-5-19-16(12)21-9-20-15;1-2/h2,5,8-9,11,19H,3-4,6-7,18H2,1H3,(H,20,21)(H,22,25);1-2H3/b15-14-;. The summed E-state index contributed by atoms with van der Waals surface area (Å²) in [6.45, 7) is 7.26. The first-order chi connectivity index (χ1) is 13.6. The van der Waals surface area contributed by atoms with Crippen LogP contribution in [0.2, 0.25) is 0 Å². The average Bonchev–Trinajstić information content (AvgIpc) is 3.37. The number of nitrogens with zero attached hydrogens (tertiary/aromatic N) is 3. The van der Waals surface area contributed by atoms with E-state index in [1.54, 1.807) is 6.34 Å². The minimum Gasteiger partial charge on any atom is -0.400 e. The number of aromatic amines is 1. The van der Waals surface area contributed by atoms with E-state index in [2.05, 4.69) is 25.0 Å². The van der Waals surface area contributed by atoms with Gasteiger partial charge in [-0.05, 0) is 43.4 Å². The molecule has 1 saturated heterocycles. The number of hydrogen-bond donors (Lipinski definition) is 4. The van der Waals surface area contributed by atoms with Gasteiger partial charge < -0.3 is 20.9 Å². The second-order valence-electron chi connectivity index (χ2n) is 6.50. The van der Waals surface area contributed by atoms with Crippen LogP contribution in [-0.2, 0) is 0 Å². The molecule has 0 unspecified atom stereocenters. The topological polar surface area (TPSA) is 111 Å². The van der Waals surface area contributed by atoms with Crippen LogP contribution in [0, 0.1) is 12.8 Å². The van der Waals surface area contributed by atoms with E-state index in [4.69, 9.17) is 5.73 Å². The minimum absolute atomic E-state index is 0.0748. The first-order valence-corrected chi connectivity index (χ1v) is 10.3. The zero-order valence-electron chi connectivity index (χ0n) is 16.5. The molecule has 2 aliphatic rings. The number of likely N-dealkylation sites (tertiary alicyclic amines) is 1. The highest BCUT2D eigenvalue weighted by Crippen LogP contribution is 2.32. The fourth-order valence-electron chi connectivity index (χ4n) is 3.35. The molecule has 2 aromatic rings. The molecule has 5 N–H and O–H groups in total. The molecular weight excluding hydrogens is 374 g/mol. The molecule has 0 radical (unpaired) electrons. The number of carbonyl (C=O) groups excluding carboxylic acids is 1. The summed E-state index contributed by atoms with van der Waals surface area (Å²) in [4.78, 5) is 21.6. The second kappa shape index (κ2) is 8.92. The Morgan fingerprint density at radius 2 is 2.11 bits per heavy atom. The predicted octanol–water partition coefficient (Wildman–Crippen LogP) is 3.64.